The molecule has 2 aromatic carbocycles. The molecule has 0 saturated carbocycles. The van der Waals surface area contributed by atoms with E-state index in [0.29, 0.717) is 22.4 Å². The summed E-state index contributed by atoms with van der Waals surface area (Å²) in [5.41, 5.74) is 1.71. The number of methoxy groups -OCH3 is 1. The summed E-state index contributed by atoms with van der Waals surface area (Å²) in [7, 11) is 5.40. The Morgan fingerprint density at radius 3 is 2.72 bits per heavy atom. The summed E-state index contributed by atoms with van der Waals surface area (Å²) in [4.78, 5) is 16.8. The molecule has 1 amide bonds. The number of ether oxygens (including phenoxy) is 1. The highest BCUT2D eigenvalue weighted by atomic mass is 19.1. The highest BCUT2D eigenvalue weighted by Crippen LogP contribution is 2.27. The Morgan fingerprint density at radius 1 is 1.28 bits per heavy atom. The minimum atomic E-state index is -0.366. The molecule has 4 nitrogen and oxygen atoms in total. The van der Waals surface area contributed by atoms with Crippen LogP contribution in [0.15, 0.2) is 42.5 Å². The normalized spacial score (nSPS) is 17.5. The van der Waals surface area contributed by atoms with E-state index < -0.39 is 0 Å². The van der Waals surface area contributed by atoms with Crippen LogP contribution in [0.3, 0.4) is 0 Å². The molecule has 132 valence electrons. The lowest BCUT2D eigenvalue weighted by molar-refractivity contribution is 0.0737. The first-order valence-corrected chi connectivity index (χ1v) is 8.39. The fourth-order valence-corrected chi connectivity index (χ4v) is 3.27. The van der Waals surface area contributed by atoms with E-state index >= 15 is 0 Å². The quantitative estimate of drug-likeness (QED) is 0.855. The second-order valence-electron chi connectivity index (χ2n) is 6.55. The molecule has 0 N–H and O–H groups in total. The lowest BCUT2D eigenvalue weighted by Gasteiger charge is -2.24. The Kier molecular flexibility index (Phi) is 5.04. The first-order chi connectivity index (χ1) is 12.0. The smallest absolute Gasteiger partial charge is 0.253 e. The van der Waals surface area contributed by atoms with Crippen molar-refractivity contribution in [2.45, 2.75) is 12.5 Å². The Balaban J connectivity index is 1.85. The number of carbonyl (C=O) groups excluding carboxylic acids is 1. The number of likely N-dealkylation sites (tertiary alicyclic amines) is 1. The molecule has 0 radical (unpaired) electrons. The van der Waals surface area contributed by atoms with Crippen LogP contribution in [0.2, 0.25) is 0 Å². The van der Waals surface area contributed by atoms with Crippen molar-refractivity contribution in [3.63, 3.8) is 0 Å². The van der Waals surface area contributed by atoms with Gasteiger partial charge < -0.3 is 14.5 Å². The molecule has 1 aliphatic heterocycles. The zero-order chi connectivity index (χ0) is 18.0. The average Bonchev–Trinajstić information content (AvgIpc) is 3.06. The highest BCUT2D eigenvalue weighted by Gasteiger charge is 2.27. The molecular weight excluding hydrogens is 319 g/mol. The third-order valence-electron chi connectivity index (χ3n) is 4.83. The van der Waals surface area contributed by atoms with Gasteiger partial charge in [-0.05, 0) is 49.8 Å². The van der Waals surface area contributed by atoms with Gasteiger partial charge in [0, 0.05) is 36.8 Å². The van der Waals surface area contributed by atoms with E-state index in [-0.39, 0.29) is 17.8 Å². The molecule has 25 heavy (non-hydrogen) atoms. The number of amides is 1. The van der Waals surface area contributed by atoms with Crippen molar-refractivity contribution in [2.75, 3.05) is 34.3 Å². The van der Waals surface area contributed by atoms with Crippen molar-refractivity contribution in [1.82, 2.24) is 9.80 Å². The number of rotatable bonds is 4. The Bertz CT molecular complexity index is 778. The summed E-state index contributed by atoms with van der Waals surface area (Å²) >= 11 is 0. The molecule has 1 atom stereocenters. The molecule has 1 saturated heterocycles. The van der Waals surface area contributed by atoms with E-state index in [1.807, 2.05) is 13.1 Å². The van der Waals surface area contributed by atoms with Gasteiger partial charge in [0.1, 0.15) is 11.6 Å². The zero-order valence-electron chi connectivity index (χ0n) is 14.8. The van der Waals surface area contributed by atoms with E-state index in [1.54, 1.807) is 35.2 Å². The number of likely N-dealkylation sites (N-methyl/N-ethyl adjacent to an activating group) is 2. The van der Waals surface area contributed by atoms with Gasteiger partial charge in [-0.15, -0.1) is 0 Å². The molecule has 0 bridgehead atoms. The fourth-order valence-electron chi connectivity index (χ4n) is 3.27. The fraction of sp³-hybridized carbons (Fsp3) is 0.350. The standard InChI is InChI=1S/C20H23FN2O2/c1-22-10-9-16(13-22)23(2)20(24)15-6-4-5-14(11-15)18-8-7-17(25-3)12-19(18)21/h4-8,11-12,16H,9-10,13H2,1-3H3/t16-/m0/s1. The van der Waals surface area contributed by atoms with Crippen LogP contribution in [0.5, 0.6) is 5.75 Å². The van der Waals surface area contributed by atoms with Gasteiger partial charge in [-0.3, -0.25) is 4.79 Å². The maximum atomic E-state index is 14.3. The van der Waals surface area contributed by atoms with E-state index in [4.69, 9.17) is 4.74 Å². The van der Waals surface area contributed by atoms with Crippen molar-refractivity contribution < 1.29 is 13.9 Å². The number of hydrogen-bond acceptors (Lipinski definition) is 3. The SMILES string of the molecule is COc1ccc(-c2cccc(C(=O)N(C)[C@H]3CCN(C)C3)c2)c(F)c1. The Hall–Kier alpha value is -2.40. The van der Waals surface area contributed by atoms with Crippen LogP contribution in [0.4, 0.5) is 4.39 Å². The molecule has 5 heteroatoms. The molecule has 0 aliphatic carbocycles. The maximum absolute atomic E-state index is 14.3. The molecular formula is C20H23FN2O2. The van der Waals surface area contributed by atoms with Crippen molar-refractivity contribution in [1.29, 1.82) is 0 Å². The van der Waals surface area contributed by atoms with E-state index in [9.17, 15) is 9.18 Å². The minimum absolute atomic E-state index is 0.0314. The first-order valence-electron chi connectivity index (χ1n) is 8.39. The molecule has 1 heterocycles. The van der Waals surface area contributed by atoms with E-state index in [2.05, 4.69) is 11.9 Å². The van der Waals surface area contributed by atoms with Gasteiger partial charge in [0.05, 0.1) is 7.11 Å². The molecule has 0 aromatic heterocycles. The van der Waals surface area contributed by atoms with Crippen molar-refractivity contribution in [3.8, 4) is 16.9 Å². The van der Waals surface area contributed by atoms with Gasteiger partial charge in [-0.1, -0.05) is 12.1 Å². The third-order valence-corrected chi connectivity index (χ3v) is 4.83. The average molecular weight is 342 g/mol. The molecule has 1 aliphatic rings. The van der Waals surface area contributed by atoms with Crippen molar-refractivity contribution in [2.24, 2.45) is 0 Å². The molecule has 0 spiro atoms. The Labute approximate surface area is 147 Å². The number of nitrogens with zero attached hydrogens (tertiary/aromatic N) is 2. The Morgan fingerprint density at radius 2 is 2.08 bits per heavy atom. The highest BCUT2D eigenvalue weighted by molar-refractivity contribution is 5.95. The summed E-state index contributed by atoms with van der Waals surface area (Å²) in [5.74, 6) is 0.0735. The second-order valence-corrected chi connectivity index (χ2v) is 6.55. The third kappa shape index (κ3) is 3.66. The second kappa shape index (κ2) is 7.23. The predicted molar refractivity (Wildman–Crippen MR) is 96.4 cm³/mol. The van der Waals surface area contributed by atoms with Crippen LogP contribution in [0.1, 0.15) is 16.8 Å². The summed E-state index contributed by atoms with van der Waals surface area (Å²) in [6.07, 6.45) is 0.978. The van der Waals surface area contributed by atoms with Gasteiger partial charge in [-0.25, -0.2) is 4.39 Å². The molecule has 1 fully saturated rings. The minimum Gasteiger partial charge on any atom is -0.497 e. The largest absolute Gasteiger partial charge is 0.497 e. The molecule has 2 aromatic rings. The van der Waals surface area contributed by atoms with Gasteiger partial charge in [0.25, 0.3) is 5.91 Å². The van der Waals surface area contributed by atoms with E-state index in [0.717, 1.165) is 19.5 Å². The number of benzene rings is 2. The van der Waals surface area contributed by atoms with Crippen molar-refractivity contribution in [3.05, 3.63) is 53.8 Å². The van der Waals surface area contributed by atoms with Crippen LogP contribution in [0, 0.1) is 5.82 Å². The topological polar surface area (TPSA) is 32.8 Å². The summed E-state index contributed by atoms with van der Waals surface area (Å²) in [6.45, 7) is 1.88. The van der Waals surface area contributed by atoms with E-state index in [1.165, 1.54) is 13.2 Å². The summed E-state index contributed by atoms with van der Waals surface area (Å²) in [6, 6.07) is 12.1. The molecule has 0 unspecified atom stereocenters. The molecule has 3 rings (SSSR count). The predicted octanol–water partition coefficient (Wildman–Crippen LogP) is 3.28. The van der Waals surface area contributed by atoms with Crippen LogP contribution in [-0.2, 0) is 0 Å². The summed E-state index contributed by atoms with van der Waals surface area (Å²) in [5, 5.41) is 0. The van der Waals surface area contributed by atoms with Gasteiger partial charge in [-0.2, -0.15) is 0 Å². The van der Waals surface area contributed by atoms with Crippen LogP contribution >= 0.6 is 0 Å². The lowest BCUT2D eigenvalue weighted by atomic mass is 10.0. The zero-order valence-corrected chi connectivity index (χ0v) is 14.8. The first kappa shape index (κ1) is 17.4. The number of halogens is 1. The van der Waals surface area contributed by atoms with Crippen molar-refractivity contribution >= 4 is 5.91 Å². The number of hydrogen-bond donors (Lipinski definition) is 0. The van der Waals surface area contributed by atoms with Crippen LogP contribution in [-0.4, -0.2) is 56.0 Å². The van der Waals surface area contributed by atoms with Crippen LogP contribution < -0.4 is 4.74 Å². The maximum Gasteiger partial charge on any atom is 0.253 e. The van der Waals surface area contributed by atoms with Crippen LogP contribution in [0.25, 0.3) is 11.1 Å². The van der Waals surface area contributed by atoms with Gasteiger partial charge in [0.15, 0.2) is 0 Å². The van der Waals surface area contributed by atoms with Gasteiger partial charge in [0.2, 0.25) is 0 Å². The number of carbonyl (C=O) groups is 1. The summed E-state index contributed by atoms with van der Waals surface area (Å²) < 4.78 is 19.4. The monoisotopic (exact) mass is 342 g/mol. The van der Waals surface area contributed by atoms with Gasteiger partial charge >= 0.3 is 0 Å². The lowest BCUT2D eigenvalue weighted by Crippen LogP contribution is -2.38.